The Morgan fingerprint density at radius 1 is 1.20 bits per heavy atom. The van der Waals surface area contributed by atoms with Crippen LogP contribution in [-0.2, 0) is 0 Å². The van der Waals surface area contributed by atoms with E-state index in [1.807, 2.05) is 30.3 Å². The lowest BCUT2D eigenvalue weighted by Crippen LogP contribution is -2.30. The molecular formula is C14H10N2O4. The van der Waals surface area contributed by atoms with Gasteiger partial charge in [0.1, 0.15) is 11.4 Å². The van der Waals surface area contributed by atoms with Crippen LogP contribution >= 0.6 is 0 Å². The number of hydrogen-bond donors (Lipinski definition) is 1. The summed E-state index contributed by atoms with van der Waals surface area (Å²) in [6, 6.07) is 13.2. The Bertz CT molecular complexity index is 698. The molecule has 1 aliphatic heterocycles. The molecule has 0 aromatic heterocycles. The molecule has 1 atom stereocenters. The van der Waals surface area contributed by atoms with Crippen LogP contribution < -0.4 is 4.74 Å². The van der Waals surface area contributed by atoms with E-state index in [0.29, 0.717) is 11.4 Å². The molecule has 1 unspecified atom stereocenters. The van der Waals surface area contributed by atoms with E-state index in [0.717, 1.165) is 5.56 Å². The van der Waals surface area contributed by atoms with Crippen LogP contribution in [0.25, 0.3) is 0 Å². The van der Waals surface area contributed by atoms with Crippen LogP contribution in [0, 0.1) is 10.1 Å². The van der Waals surface area contributed by atoms with Crippen molar-refractivity contribution < 1.29 is 14.8 Å². The number of ether oxygens (including phenoxy) is 1. The molecule has 1 heterocycles. The maximum atomic E-state index is 10.7. The van der Waals surface area contributed by atoms with E-state index >= 15 is 0 Å². The predicted octanol–water partition coefficient (Wildman–Crippen LogP) is 2.43. The van der Waals surface area contributed by atoms with Gasteiger partial charge in [0, 0.05) is 11.6 Å². The summed E-state index contributed by atoms with van der Waals surface area (Å²) in [6.07, 6.45) is -1.24. The van der Waals surface area contributed by atoms with Gasteiger partial charge in [0.05, 0.1) is 11.0 Å². The molecule has 0 fully saturated rings. The number of nitro groups is 1. The van der Waals surface area contributed by atoms with Gasteiger partial charge < -0.3 is 9.84 Å². The molecule has 0 saturated heterocycles. The van der Waals surface area contributed by atoms with Gasteiger partial charge in [-0.05, 0) is 6.07 Å². The summed E-state index contributed by atoms with van der Waals surface area (Å²) >= 11 is 0. The van der Waals surface area contributed by atoms with E-state index in [2.05, 4.69) is 4.99 Å². The zero-order valence-corrected chi connectivity index (χ0v) is 10.3. The highest BCUT2D eigenvalue weighted by atomic mass is 16.6. The smallest absolute Gasteiger partial charge is 0.273 e. The van der Waals surface area contributed by atoms with Crippen molar-refractivity contribution in [2.75, 3.05) is 0 Å². The molecule has 100 valence electrons. The van der Waals surface area contributed by atoms with E-state index in [1.54, 1.807) is 0 Å². The second-order valence-electron chi connectivity index (χ2n) is 4.24. The zero-order chi connectivity index (χ0) is 14.1. The number of nitrogens with zero attached hydrogens (tertiary/aromatic N) is 2. The molecule has 1 aliphatic rings. The van der Waals surface area contributed by atoms with Crippen LogP contribution in [0.3, 0.4) is 0 Å². The van der Waals surface area contributed by atoms with Gasteiger partial charge in [0.15, 0.2) is 5.75 Å². The maximum Gasteiger partial charge on any atom is 0.273 e. The molecule has 2 aromatic rings. The first-order chi connectivity index (χ1) is 9.65. The number of aliphatic hydroxyl groups is 1. The fraction of sp³-hybridized carbons (Fsp3) is 0.0714. The Morgan fingerprint density at radius 3 is 2.65 bits per heavy atom. The molecule has 6 nitrogen and oxygen atoms in total. The number of aliphatic hydroxyl groups excluding tert-OH is 1. The van der Waals surface area contributed by atoms with Crippen molar-refractivity contribution in [2.24, 2.45) is 4.99 Å². The highest BCUT2D eigenvalue weighted by Gasteiger charge is 2.25. The van der Waals surface area contributed by atoms with Crippen molar-refractivity contribution in [1.29, 1.82) is 0 Å². The Morgan fingerprint density at radius 2 is 1.95 bits per heavy atom. The number of non-ortho nitro benzene ring substituents is 1. The van der Waals surface area contributed by atoms with Crippen LogP contribution in [0.2, 0.25) is 0 Å². The highest BCUT2D eigenvalue weighted by Crippen LogP contribution is 2.36. The predicted molar refractivity (Wildman–Crippen MR) is 72.4 cm³/mol. The maximum absolute atomic E-state index is 10.7. The molecule has 0 spiro atoms. The number of rotatable bonds is 2. The fourth-order valence-corrected chi connectivity index (χ4v) is 1.98. The molecule has 3 rings (SSSR count). The Balaban J connectivity index is 2.06. The summed E-state index contributed by atoms with van der Waals surface area (Å²) in [7, 11) is 0. The molecule has 20 heavy (non-hydrogen) atoms. The average molecular weight is 270 g/mol. The normalized spacial score (nSPS) is 16.9. The number of hydrogen-bond acceptors (Lipinski definition) is 5. The van der Waals surface area contributed by atoms with Gasteiger partial charge in [-0.1, -0.05) is 30.3 Å². The second kappa shape index (κ2) is 4.75. The number of benzene rings is 2. The molecule has 0 aliphatic carbocycles. The van der Waals surface area contributed by atoms with Gasteiger partial charge >= 0.3 is 0 Å². The molecule has 0 amide bonds. The topological polar surface area (TPSA) is 85.0 Å². The van der Waals surface area contributed by atoms with Crippen molar-refractivity contribution in [3.8, 4) is 5.75 Å². The van der Waals surface area contributed by atoms with Gasteiger partial charge in [-0.15, -0.1) is 0 Å². The fourth-order valence-electron chi connectivity index (χ4n) is 1.98. The summed E-state index contributed by atoms with van der Waals surface area (Å²) in [4.78, 5) is 14.5. The minimum absolute atomic E-state index is 0.102. The highest BCUT2D eigenvalue weighted by molar-refractivity contribution is 6.05. The summed E-state index contributed by atoms with van der Waals surface area (Å²) in [5.41, 5.74) is 1.48. The third kappa shape index (κ3) is 2.12. The van der Waals surface area contributed by atoms with Gasteiger partial charge in [0.25, 0.3) is 5.69 Å². The van der Waals surface area contributed by atoms with Crippen molar-refractivity contribution >= 4 is 17.1 Å². The van der Waals surface area contributed by atoms with Gasteiger partial charge in [0.2, 0.25) is 6.29 Å². The standard InChI is InChI=1S/C14H10N2O4/c17-14-13(9-4-2-1-3-5-9)15-11-7-6-10(16(18)19)8-12(11)20-14/h1-8,14,17H. The van der Waals surface area contributed by atoms with Crippen molar-refractivity contribution in [1.82, 2.24) is 0 Å². The Hall–Kier alpha value is -2.73. The first kappa shape index (κ1) is 12.3. The molecule has 0 radical (unpaired) electrons. The number of aliphatic imine (C=N–C) groups is 1. The first-order valence-corrected chi connectivity index (χ1v) is 5.92. The van der Waals surface area contributed by atoms with E-state index in [1.165, 1.54) is 18.2 Å². The van der Waals surface area contributed by atoms with E-state index in [4.69, 9.17) is 4.74 Å². The largest absolute Gasteiger partial charge is 0.457 e. The quantitative estimate of drug-likeness (QED) is 0.670. The monoisotopic (exact) mass is 270 g/mol. The van der Waals surface area contributed by atoms with Crippen molar-refractivity contribution in [2.45, 2.75) is 6.29 Å². The lowest BCUT2D eigenvalue weighted by Gasteiger charge is -2.22. The van der Waals surface area contributed by atoms with Gasteiger partial charge in [-0.25, -0.2) is 4.99 Å². The Kier molecular flexibility index (Phi) is 2.92. The Labute approximate surface area is 114 Å². The first-order valence-electron chi connectivity index (χ1n) is 5.92. The number of nitro benzene ring substituents is 1. The minimum atomic E-state index is -1.24. The molecule has 2 aromatic carbocycles. The second-order valence-corrected chi connectivity index (χ2v) is 4.24. The molecule has 6 heteroatoms. The van der Waals surface area contributed by atoms with Crippen molar-refractivity contribution in [3.05, 3.63) is 64.2 Å². The third-order valence-corrected chi connectivity index (χ3v) is 2.94. The van der Waals surface area contributed by atoms with Crippen LogP contribution in [0.5, 0.6) is 5.75 Å². The average Bonchev–Trinajstić information content (AvgIpc) is 2.46. The van der Waals surface area contributed by atoms with E-state index in [-0.39, 0.29) is 11.4 Å². The minimum Gasteiger partial charge on any atom is -0.457 e. The lowest BCUT2D eigenvalue weighted by atomic mass is 10.1. The van der Waals surface area contributed by atoms with Gasteiger partial charge in [-0.3, -0.25) is 10.1 Å². The third-order valence-electron chi connectivity index (χ3n) is 2.94. The lowest BCUT2D eigenvalue weighted by molar-refractivity contribution is -0.384. The summed E-state index contributed by atoms with van der Waals surface area (Å²) < 4.78 is 5.31. The molecule has 0 saturated carbocycles. The summed E-state index contributed by atoms with van der Waals surface area (Å²) in [5.74, 6) is 0.200. The SMILES string of the molecule is O=[N+]([O-])c1ccc2c(c1)OC(O)C(c1ccccc1)=N2. The van der Waals surface area contributed by atoms with Crippen LogP contribution in [0.1, 0.15) is 5.56 Å². The van der Waals surface area contributed by atoms with E-state index in [9.17, 15) is 15.2 Å². The van der Waals surface area contributed by atoms with Gasteiger partial charge in [-0.2, -0.15) is 0 Å². The zero-order valence-electron chi connectivity index (χ0n) is 10.3. The van der Waals surface area contributed by atoms with Crippen LogP contribution in [0.15, 0.2) is 53.5 Å². The molecule has 1 N–H and O–H groups in total. The number of fused-ring (bicyclic) bond motifs is 1. The summed E-state index contributed by atoms with van der Waals surface area (Å²) in [5, 5.41) is 20.7. The van der Waals surface area contributed by atoms with Crippen LogP contribution in [-0.4, -0.2) is 22.0 Å². The van der Waals surface area contributed by atoms with Crippen LogP contribution in [0.4, 0.5) is 11.4 Å². The van der Waals surface area contributed by atoms with Crippen molar-refractivity contribution in [3.63, 3.8) is 0 Å². The molecular weight excluding hydrogens is 260 g/mol. The summed E-state index contributed by atoms with van der Waals surface area (Å²) in [6.45, 7) is 0. The van der Waals surface area contributed by atoms with E-state index < -0.39 is 11.2 Å². The molecule has 0 bridgehead atoms.